The molecule has 1 aromatic heterocycles. The third-order valence-corrected chi connectivity index (χ3v) is 3.98. The van der Waals surface area contributed by atoms with Crippen molar-refractivity contribution in [2.45, 2.75) is 18.9 Å². The van der Waals surface area contributed by atoms with Crippen LogP contribution >= 0.6 is 0 Å². The fraction of sp³-hybridized carbons (Fsp3) is 0.278. The summed E-state index contributed by atoms with van der Waals surface area (Å²) in [6.07, 6.45) is 3.43. The van der Waals surface area contributed by atoms with Gasteiger partial charge in [0.1, 0.15) is 5.75 Å². The number of nitrogens with zero attached hydrogens (tertiary/aromatic N) is 2. The second-order valence-electron chi connectivity index (χ2n) is 5.72. The van der Waals surface area contributed by atoms with E-state index in [1.165, 1.54) is 0 Å². The van der Waals surface area contributed by atoms with Crippen molar-refractivity contribution in [1.29, 1.82) is 0 Å². The molecule has 2 amide bonds. The number of anilines is 1. The zero-order valence-electron chi connectivity index (χ0n) is 13.4. The fourth-order valence-electron chi connectivity index (χ4n) is 2.51. The zero-order valence-corrected chi connectivity index (χ0v) is 13.4. The van der Waals surface area contributed by atoms with Crippen molar-refractivity contribution in [3.05, 3.63) is 54.4 Å². The van der Waals surface area contributed by atoms with Gasteiger partial charge in [-0.2, -0.15) is 0 Å². The van der Waals surface area contributed by atoms with Crippen LogP contribution in [0.2, 0.25) is 0 Å². The van der Waals surface area contributed by atoms with E-state index >= 15 is 0 Å². The van der Waals surface area contributed by atoms with Crippen LogP contribution in [0.15, 0.2) is 48.8 Å². The van der Waals surface area contributed by atoms with Crippen LogP contribution in [0.1, 0.15) is 12.0 Å². The number of rotatable bonds is 5. The van der Waals surface area contributed by atoms with E-state index in [1.807, 2.05) is 24.3 Å². The van der Waals surface area contributed by atoms with Crippen LogP contribution in [0.5, 0.6) is 5.75 Å². The normalized spacial score (nSPS) is 15.9. The van der Waals surface area contributed by atoms with Crippen LogP contribution in [-0.4, -0.2) is 41.4 Å². The molecule has 0 bridgehead atoms. The number of carbonyl (C=O) groups excluding carboxylic acids is 2. The average molecular weight is 325 g/mol. The van der Waals surface area contributed by atoms with Gasteiger partial charge in [0.05, 0.1) is 12.1 Å². The molecule has 0 radical (unpaired) electrons. The first-order chi connectivity index (χ1) is 11.6. The first kappa shape index (κ1) is 16.0. The van der Waals surface area contributed by atoms with E-state index in [0.29, 0.717) is 18.0 Å². The van der Waals surface area contributed by atoms with Crippen molar-refractivity contribution >= 4 is 17.5 Å². The highest BCUT2D eigenvalue weighted by atomic mass is 16.5. The lowest BCUT2D eigenvalue weighted by Gasteiger charge is -2.27. The summed E-state index contributed by atoms with van der Waals surface area (Å²) < 4.78 is 5.66. The predicted octanol–water partition coefficient (Wildman–Crippen LogP) is 1.87. The number of carbonyl (C=O) groups is 2. The van der Waals surface area contributed by atoms with Crippen LogP contribution in [0.25, 0.3) is 0 Å². The van der Waals surface area contributed by atoms with Gasteiger partial charge in [-0.1, -0.05) is 12.1 Å². The van der Waals surface area contributed by atoms with E-state index in [2.05, 4.69) is 10.3 Å². The summed E-state index contributed by atoms with van der Waals surface area (Å²) in [6, 6.07) is 11.0. The van der Waals surface area contributed by atoms with Crippen molar-refractivity contribution in [2.24, 2.45) is 0 Å². The highest BCUT2D eigenvalue weighted by molar-refractivity contribution is 5.99. The Bertz CT molecular complexity index is 733. The third kappa shape index (κ3) is 3.71. The minimum absolute atomic E-state index is 0.0208. The number of hydrogen-bond donors (Lipinski definition) is 1. The Kier molecular flexibility index (Phi) is 4.74. The van der Waals surface area contributed by atoms with E-state index in [9.17, 15) is 9.59 Å². The SMILES string of the molecule is CN(CCc1ccncc1)C(=O)CC1Oc2ccccc2NC1=O. The number of ether oxygens (including phenoxy) is 1. The zero-order chi connectivity index (χ0) is 16.9. The number of benzene rings is 1. The summed E-state index contributed by atoms with van der Waals surface area (Å²) in [4.78, 5) is 30.0. The first-order valence-electron chi connectivity index (χ1n) is 7.83. The molecular weight excluding hydrogens is 306 g/mol. The molecule has 24 heavy (non-hydrogen) atoms. The summed E-state index contributed by atoms with van der Waals surface area (Å²) in [7, 11) is 1.73. The van der Waals surface area contributed by atoms with Gasteiger partial charge >= 0.3 is 0 Å². The third-order valence-electron chi connectivity index (χ3n) is 3.98. The van der Waals surface area contributed by atoms with Gasteiger partial charge in [-0.05, 0) is 36.2 Å². The summed E-state index contributed by atoms with van der Waals surface area (Å²) in [5.41, 5.74) is 1.75. The molecule has 2 heterocycles. The number of nitrogens with one attached hydrogen (secondary N) is 1. The molecule has 0 saturated heterocycles. The van der Waals surface area contributed by atoms with Crippen molar-refractivity contribution in [1.82, 2.24) is 9.88 Å². The second-order valence-corrected chi connectivity index (χ2v) is 5.72. The largest absolute Gasteiger partial charge is 0.478 e. The molecule has 1 N–H and O–H groups in total. The molecule has 1 aromatic carbocycles. The molecule has 6 nitrogen and oxygen atoms in total. The van der Waals surface area contributed by atoms with Gasteiger partial charge in [-0.15, -0.1) is 0 Å². The van der Waals surface area contributed by atoms with E-state index in [1.54, 1.807) is 36.5 Å². The van der Waals surface area contributed by atoms with Crippen LogP contribution in [0.4, 0.5) is 5.69 Å². The number of amides is 2. The highest BCUT2D eigenvalue weighted by Crippen LogP contribution is 2.29. The highest BCUT2D eigenvalue weighted by Gasteiger charge is 2.30. The summed E-state index contributed by atoms with van der Waals surface area (Å²) in [6.45, 7) is 0.577. The number of para-hydroxylation sites is 2. The van der Waals surface area contributed by atoms with Gasteiger partial charge in [0.15, 0.2) is 6.10 Å². The van der Waals surface area contributed by atoms with Crippen molar-refractivity contribution < 1.29 is 14.3 Å². The molecule has 3 rings (SSSR count). The fourth-order valence-corrected chi connectivity index (χ4v) is 2.51. The smallest absolute Gasteiger partial charge is 0.266 e. The Morgan fingerprint density at radius 2 is 2.00 bits per heavy atom. The molecule has 0 aliphatic carbocycles. The number of pyridine rings is 1. The minimum atomic E-state index is -0.796. The van der Waals surface area contributed by atoms with Gasteiger partial charge in [-0.3, -0.25) is 14.6 Å². The van der Waals surface area contributed by atoms with Crippen LogP contribution in [-0.2, 0) is 16.0 Å². The van der Waals surface area contributed by atoms with Crippen molar-refractivity contribution in [2.75, 3.05) is 18.9 Å². The Labute approximate surface area is 140 Å². The van der Waals surface area contributed by atoms with E-state index in [0.717, 1.165) is 12.0 Å². The molecule has 124 valence electrons. The molecule has 1 unspecified atom stereocenters. The van der Waals surface area contributed by atoms with Crippen LogP contribution in [0, 0.1) is 0 Å². The first-order valence-corrected chi connectivity index (χ1v) is 7.83. The molecule has 1 aliphatic rings. The quantitative estimate of drug-likeness (QED) is 0.911. The number of hydrogen-bond acceptors (Lipinski definition) is 4. The van der Waals surface area contributed by atoms with E-state index < -0.39 is 6.10 Å². The lowest BCUT2D eigenvalue weighted by atomic mass is 10.1. The maximum Gasteiger partial charge on any atom is 0.266 e. The topological polar surface area (TPSA) is 71.5 Å². The molecule has 0 spiro atoms. The van der Waals surface area contributed by atoms with E-state index in [-0.39, 0.29) is 18.2 Å². The van der Waals surface area contributed by atoms with Gasteiger partial charge in [0, 0.05) is 26.0 Å². The molecule has 6 heteroatoms. The maximum atomic E-state index is 12.3. The summed E-state index contributed by atoms with van der Waals surface area (Å²) >= 11 is 0. The average Bonchev–Trinajstić information content (AvgIpc) is 2.61. The maximum absolute atomic E-state index is 12.3. The van der Waals surface area contributed by atoms with Crippen molar-refractivity contribution in [3.63, 3.8) is 0 Å². The monoisotopic (exact) mass is 325 g/mol. The Hall–Kier alpha value is -2.89. The molecular formula is C18H19N3O3. The standard InChI is InChI=1S/C18H19N3O3/c1-21(11-8-13-6-9-19-10-7-13)17(22)12-16-18(23)20-14-4-2-3-5-15(14)24-16/h2-7,9-10,16H,8,11-12H2,1H3,(H,20,23). The summed E-state index contributed by atoms with van der Waals surface area (Å²) in [5.74, 6) is 0.183. The van der Waals surface area contributed by atoms with E-state index in [4.69, 9.17) is 4.74 Å². The molecule has 1 aliphatic heterocycles. The van der Waals surface area contributed by atoms with Gasteiger partial charge in [-0.25, -0.2) is 0 Å². The second kappa shape index (κ2) is 7.12. The van der Waals surface area contributed by atoms with Gasteiger partial charge < -0.3 is 15.0 Å². The lowest BCUT2D eigenvalue weighted by molar-refractivity contribution is -0.136. The van der Waals surface area contributed by atoms with Crippen LogP contribution in [0.3, 0.4) is 0 Å². The number of likely N-dealkylation sites (N-methyl/N-ethyl adjacent to an activating group) is 1. The Balaban J connectivity index is 1.55. The summed E-state index contributed by atoms with van der Waals surface area (Å²) in [5, 5.41) is 2.77. The minimum Gasteiger partial charge on any atom is -0.478 e. The number of fused-ring (bicyclic) bond motifs is 1. The molecule has 2 aromatic rings. The number of aromatic nitrogens is 1. The molecule has 1 atom stereocenters. The molecule has 0 saturated carbocycles. The molecule has 0 fully saturated rings. The van der Waals surface area contributed by atoms with Crippen LogP contribution < -0.4 is 10.1 Å². The predicted molar refractivity (Wildman–Crippen MR) is 89.7 cm³/mol. The van der Waals surface area contributed by atoms with Gasteiger partial charge in [0.25, 0.3) is 5.91 Å². The Morgan fingerprint density at radius 1 is 1.25 bits per heavy atom. The van der Waals surface area contributed by atoms with Crippen molar-refractivity contribution in [3.8, 4) is 5.75 Å². The lowest BCUT2D eigenvalue weighted by Crippen LogP contribution is -2.41. The van der Waals surface area contributed by atoms with Gasteiger partial charge in [0.2, 0.25) is 5.91 Å². The Morgan fingerprint density at radius 3 is 2.79 bits per heavy atom.